The maximum atomic E-state index is 13.8. The number of aromatic nitrogens is 2. The molecule has 0 bridgehead atoms. The van der Waals surface area contributed by atoms with Crippen molar-refractivity contribution in [1.29, 1.82) is 0 Å². The maximum absolute atomic E-state index is 13.8. The predicted molar refractivity (Wildman–Crippen MR) is 129 cm³/mol. The number of hydrogen-bond acceptors (Lipinski definition) is 4. The van der Waals surface area contributed by atoms with Crippen molar-refractivity contribution in [2.75, 3.05) is 0 Å². The molecule has 1 amide bonds. The minimum atomic E-state index is -4.40. The van der Waals surface area contributed by atoms with Crippen LogP contribution in [-0.2, 0) is 16.2 Å². The molecule has 36 heavy (non-hydrogen) atoms. The lowest BCUT2D eigenvalue weighted by Crippen LogP contribution is -2.44. The zero-order valence-electron chi connectivity index (χ0n) is 20.8. The first kappa shape index (κ1) is 28.6. The van der Waals surface area contributed by atoms with Gasteiger partial charge in [-0.1, -0.05) is 6.07 Å². The van der Waals surface area contributed by atoms with Gasteiger partial charge in [-0.05, 0) is 64.2 Å². The molecule has 1 aliphatic carbocycles. The van der Waals surface area contributed by atoms with E-state index in [1.54, 1.807) is 25.1 Å². The Balaban J connectivity index is 1.80. The number of fused-ring (bicyclic) bond motifs is 1. The van der Waals surface area contributed by atoms with Crippen molar-refractivity contribution < 1.29 is 31.3 Å². The number of nitrogens with zero attached hydrogens (tertiary/aromatic N) is 1. The first-order chi connectivity index (χ1) is 16.5. The summed E-state index contributed by atoms with van der Waals surface area (Å²) in [6.07, 6.45) is -6.21. The molecule has 1 fully saturated rings. The zero-order valence-corrected chi connectivity index (χ0v) is 21.6. The Labute approximate surface area is 210 Å². The Morgan fingerprint density at radius 2 is 1.89 bits per heavy atom. The summed E-state index contributed by atoms with van der Waals surface area (Å²) in [4.78, 5) is 19.7. The fraction of sp³-hybridized carbons (Fsp3) is 0.667. The van der Waals surface area contributed by atoms with Crippen LogP contribution in [0, 0.1) is 5.92 Å². The third-order valence-electron chi connectivity index (χ3n) is 6.36. The molecule has 1 saturated carbocycles. The van der Waals surface area contributed by atoms with E-state index in [0.717, 1.165) is 0 Å². The summed E-state index contributed by atoms with van der Waals surface area (Å²) >= 11 is -1.46. The van der Waals surface area contributed by atoms with Gasteiger partial charge in [0.05, 0.1) is 23.5 Å². The van der Waals surface area contributed by atoms with E-state index in [-0.39, 0.29) is 31.6 Å². The number of carbonyl (C=O) groups is 1. The molecule has 6 nitrogen and oxygen atoms in total. The van der Waals surface area contributed by atoms with Crippen LogP contribution in [0.1, 0.15) is 89.7 Å². The Morgan fingerprint density at radius 1 is 1.25 bits per heavy atom. The zero-order chi connectivity index (χ0) is 26.9. The van der Waals surface area contributed by atoms with Gasteiger partial charge in [-0.25, -0.2) is 13.8 Å². The number of carbonyl (C=O) groups excluding carboxylic acids is 1. The lowest BCUT2D eigenvalue weighted by Gasteiger charge is -2.35. The fourth-order valence-electron chi connectivity index (χ4n) is 4.18. The van der Waals surface area contributed by atoms with Crippen LogP contribution in [0.5, 0.6) is 0 Å². The van der Waals surface area contributed by atoms with Crippen LogP contribution in [0.4, 0.5) is 22.0 Å². The van der Waals surface area contributed by atoms with Crippen LogP contribution in [0.15, 0.2) is 18.2 Å². The van der Waals surface area contributed by atoms with Crippen LogP contribution in [-0.4, -0.2) is 37.3 Å². The highest BCUT2D eigenvalue weighted by atomic mass is 32.2. The molecule has 1 heterocycles. The van der Waals surface area contributed by atoms with Gasteiger partial charge in [0.25, 0.3) is 0 Å². The van der Waals surface area contributed by atoms with Crippen molar-refractivity contribution in [3.8, 4) is 0 Å². The van der Waals surface area contributed by atoms with Gasteiger partial charge in [-0.15, -0.1) is 4.72 Å². The third-order valence-corrected chi connectivity index (χ3v) is 7.94. The average Bonchev–Trinajstić information content (AvgIpc) is 3.18. The minimum absolute atomic E-state index is 0.192. The summed E-state index contributed by atoms with van der Waals surface area (Å²) in [5.41, 5.74) is 1.88. The molecule has 3 N–H and O–H groups in total. The molecule has 202 valence electrons. The third kappa shape index (κ3) is 7.79. The Morgan fingerprint density at radius 3 is 2.47 bits per heavy atom. The summed E-state index contributed by atoms with van der Waals surface area (Å²) in [6, 6.07) is 4.11. The quantitative estimate of drug-likeness (QED) is 0.285. The van der Waals surface area contributed by atoms with Crippen molar-refractivity contribution in [3.05, 3.63) is 29.6 Å². The normalized spacial score (nSPS) is 19.7. The van der Waals surface area contributed by atoms with Gasteiger partial charge in [0.15, 0.2) is 0 Å². The van der Waals surface area contributed by atoms with Gasteiger partial charge in [0.1, 0.15) is 16.6 Å². The molecule has 1 aromatic heterocycles. The Kier molecular flexibility index (Phi) is 8.61. The molecule has 2 aromatic rings. The van der Waals surface area contributed by atoms with E-state index in [0.29, 0.717) is 22.4 Å². The second kappa shape index (κ2) is 10.8. The largest absolute Gasteiger partial charge is 0.598 e. The number of benzene rings is 1. The highest BCUT2D eigenvalue weighted by molar-refractivity contribution is 7.90. The smallest absolute Gasteiger partial charge is 0.389 e. The van der Waals surface area contributed by atoms with Gasteiger partial charge in [0, 0.05) is 30.6 Å². The number of H-pyrrole nitrogens is 1. The van der Waals surface area contributed by atoms with Crippen LogP contribution in [0.2, 0.25) is 0 Å². The number of aromatic amines is 1. The molecule has 0 aliphatic heterocycles. The molecule has 0 spiro atoms. The van der Waals surface area contributed by atoms with Gasteiger partial charge in [0.2, 0.25) is 11.8 Å². The van der Waals surface area contributed by atoms with Crippen LogP contribution in [0.3, 0.4) is 0 Å². The monoisotopic (exact) mass is 536 g/mol. The molecule has 1 unspecified atom stereocenters. The molecular weight excluding hydrogens is 503 g/mol. The van der Waals surface area contributed by atoms with Gasteiger partial charge in [-0.3, -0.25) is 4.79 Å². The second-order valence-corrected chi connectivity index (χ2v) is 12.5. The standard InChI is InChI=1S/C24H33F5N4O2S/c1-14(30-19(34)9-12-24(27,28)29)16-5-6-17-18(13-16)32-21(31-17)20(33-36(35)22(2,3)4)15-7-10-23(25,26)11-8-15/h5-6,13-15,20,33H,7-12H2,1-4H3,(H,30,34)(H,31,32)/t14-,20+,36?/m1/s1. The Bertz CT molecular complexity index is 1040. The van der Waals surface area contributed by atoms with Crippen LogP contribution < -0.4 is 10.0 Å². The molecule has 1 aromatic carbocycles. The van der Waals surface area contributed by atoms with Gasteiger partial charge in [-0.2, -0.15) is 13.2 Å². The molecule has 0 radical (unpaired) electrons. The van der Waals surface area contributed by atoms with E-state index in [1.165, 1.54) is 0 Å². The van der Waals surface area contributed by atoms with E-state index < -0.39 is 59.0 Å². The van der Waals surface area contributed by atoms with Gasteiger partial charge >= 0.3 is 6.18 Å². The van der Waals surface area contributed by atoms with E-state index in [9.17, 15) is 31.3 Å². The average molecular weight is 537 g/mol. The molecule has 3 rings (SSSR count). The maximum Gasteiger partial charge on any atom is 0.389 e. The van der Waals surface area contributed by atoms with Crippen molar-refractivity contribution in [2.24, 2.45) is 5.92 Å². The van der Waals surface area contributed by atoms with Crippen molar-refractivity contribution in [3.63, 3.8) is 0 Å². The van der Waals surface area contributed by atoms with Crippen molar-refractivity contribution >= 4 is 28.3 Å². The number of nitrogens with one attached hydrogen (secondary N) is 3. The highest BCUT2D eigenvalue weighted by Crippen LogP contribution is 2.42. The molecule has 3 atom stereocenters. The minimum Gasteiger partial charge on any atom is -0.598 e. The number of imidazole rings is 1. The summed E-state index contributed by atoms with van der Waals surface area (Å²) in [5, 5.41) is 2.57. The molecule has 1 aliphatic rings. The van der Waals surface area contributed by atoms with E-state index in [1.807, 2.05) is 20.8 Å². The summed E-state index contributed by atoms with van der Waals surface area (Å²) in [7, 11) is 0. The van der Waals surface area contributed by atoms with Gasteiger partial charge < -0.3 is 14.9 Å². The lowest BCUT2D eigenvalue weighted by molar-refractivity contribution is -0.144. The van der Waals surface area contributed by atoms with E-state index >= 15 is 0 Å². The first-order valence-electron chi connectivity index (χ1n) is 12.0. The Hall–Kier alpha value is -1.92. The SMILES string of the molecule is C[C@@H](NC(=O)CCC(F)(F)F)c1ccc2nc([C@@H](N[S+]([O-])C(C)(C)C)C3CCC(F)(F)CC3)[nH]c2c1. The van der Waals surface area contributed by atoms with E-state index in [4.69, 9.17) is 0 Å². The number of amides is 1. The topological polar surface area (TPSA) is 92.9 Å². The number of hydrogen-bond donors (Lipinski definition) is 3. The second-order valence-electron chi connectivity index (χ2n) is 10.5. The van der Waals surface area contributed by atoms with Crippen molar-refractivity contribution in [1.82, 2.24) is 20.0 Å². The lowest BCUT2D eigenvalue weighted by atomic mass is 9.82. The summed E-state index contributed by atoms with van der Waals surface area (Å²) in [6.45, 7) is 7.12. The van der Waals surface area contributed by atoms with Crippen LogP contribution >= 0.6 is 0 Å². The highest BCUT2D eigenvalue weighted by Gasteiger charge is 2.41. The summed E-state index contributed by atoms with van der Waals surface area (Å²) in [5.74, 6) is -3.11. The summed E-state index contributed by atoms with van der Waals surface area (Å²) < 4.78 is 80.2. The number of alkyl halides is 5. The predicted octanol–water partition coefficient (Wildman–Crippen LogP) is 6.00. The number of rotatable bonds is 8. The molecule has 0 saturated heterocycles. The molecular formula is C24H33F5N4O2S. The number of halogens is 5. The molecule has 12 heteroatoms. The first-order valence-corrected chi connectivity index (χ1v) is 13.1. The fourth-order valence-corrected chi connectivity index (χ4v) is 5.07. The van der Waals surface area contributed by atoms with E-state index in [2.05, 4.69) is 20.0 Å². The van der Waals surface area contributed by atoms with Crippen LogP contribution in [0.25, 0.3) is 11.0 Å². The van der Waals surface area contributed by atoms with Crippen molar-refractivity contribution in [2.45, 2.75) is 95.1 Å².